The third kappa shape index (κ3) is 3.97. The van der Waals surface area contributed by atoms with Crippen molar-refractivity contribution in [2.75, 3.05) is 5.32 Å². The van der Waals surface area contributed by atoms with Gasteiger partial charge in [-0.25, -0.2) is 4.79 Å². The second kappa shape index (κ2) is 7.23. The Bertz CT molecular complexity index is 845. The molecule has 2 N–H and O–H groups in total. The van der Waals surface area contributed by atoms with Crippen molar-refractivity contribution in [1.82, 2.24) is 15.5 Å². The Morgan fingerprint density at radius 2 is 1.88 bits per heavy atom. The van der Waals surface area contributed by atoms with Gasteiger partial charge >= 0.3 is 6.03 Å². The molecular formula is C18H18N4OS. The Morgan fingerprint density at radius 3 is 2.62 bits per heavy atom. The van der Waals surface area contributed by atoms with Gasteiger partial charge in [-0.3, -0.25) is 0 Å². The summed E-state index contributed by atoms with van der Waals surface area (Å²) in [6, 6.07) is 15.5. The molecule has 0 radical (unpaired) electrons. The van der Waals surface area contributed by atoms with E-state index in [0.29, 0.717) is 6.54 Å². The van der Waals surface area contributed by atoms with Gasteiger partial charge < -0.3 is 10.6 Å². The number of anilines is 1. The lowest BCUT2D eigenvalue weighted by molar-refractivity contribution is 0.251. The zero-order valence-electron chi connectivity index (χ0n) is 13.5. The fourth-order valence-electron chi connectivity index (χ4n) is 2.30. The Kier molecular flexibility index (Phi) is 4.86. The molecule has 3 rings (SSSR count). The summed E-state index contributed by atoms with van der Waals surface area (Å²) >= 11 is 1.47. The number of nitrogens with one attached hydrogen (secondary N) is 2. The molecular weight excluding hydrogens is 320 g/mol. The number of aromatic nitrogens is 2. The van der Waals surface area contributed by atoms with E-state index in [2.05, 4.69) is 20.8 Å². The first kappa shape index (κ1) is 16.1. The van der Waals surface area contributed by atoms with E-state index in [4.69, 9.17) is 0 Å². The Balaban J connectivity index is 1.58. The van der Waals surface area contributed by atoms with Crippen molar-refractivity contribution in [3.63, 3.8) is 0 Å². The first-order chi connectivity index (χ1) is 11.6. The summed E-state index contributed by atoms with van der Waals surface area (Å²) in [6.45, 7) is 4.34. The highest BCUT2D eigenvalue weighted by Crippen LogP contribution is 2.22. The van der Waals surface area contributed by atoms with Gasteiger partial charge in [-0.15, -0.1) is 10.2 Å². The predicted octanol–water partition coefficient (Wildman–Crippen LogP) is 4.14. The first-order valence-corrected chi connectivity index (χ1v) is 8.43. The van der Waals surface area contributed by atoms with E-state index >= 15 is 0 Å². The average molecular weight is 338 g/mol. The van der Waals surface area contributed by atoms with Crippen LogP contribution in [0.4, 0.5) is 10.5 Å². The molecule has 122 valence electrons. The van der Waals surface area contributed by atoms with Gasteiger partial charge in [-0.1, -0.05) is 59.4 Å². The average Bonchev–Trinajstić information content (AvgIpc) is 3.05. The minimum atomic E-state index is -0.251. The highest BCUT2D eigenvalue weighted by molar-refractivity contribution is 7.14. The van der Waals surface area contributed by atoms with Gasteiger partial charge in [0.05, 0.1) is 6.54 Å². The number of urea groups is 1. The molecule has 0 aliphatic rings. The van der Waals surface area contributed by atoms with Crippen LogP contribution in [0.5, 0.6) is 0 Å². The number of hydrogen-bond donors (Lipinski definition) is 2. The van der Waals surface area contributed by atoms with Crippen molar-refractivity contribution < 1.29 is 4.79 Å². The molecule has 6 heteroatoms. The van der Waals surface area contributed by atoms with Gasteiger partial charge in [-0.2, -0.15) is 0 Å². The molecule has 5 nitrogen and oxygen atoms in total. The Labute approximate surface area is 144 Å². The number of carbonyl (C=O) groups excluding carboxylic acids is 1. The maximum atomic E-state index is 12.0. The van der Waals surface area contributed by atoms with Gasteiger partial charge in [0, 0.05) is 11.3 Å². The summed E-state index contributed by atoms with van der Waals surface area (Å²) in [5, 5.41) is 15.6. The van der Waals surface area contributed by atoms with Crippen molar-refractivity contribution in [1.29, 1.82) is 0 Å². The van der Waals surface area contributed by atoms with Crippen LogP contribution in [0.1, 0.15) is 16.1 Å². The molecule has 0 saturated carbocycles. The van der Waals surface area contributed by atoms with Crippen LogP contribution in [0.15, 0.2) is 48.5 Å². The van der Waals surface area contributed by atoms with Crippen molar-refractivity contribution >= 4 is 23.1 Å². The Morgan fingerprint density at radius 1 is 1.08 bits per heavy atom. The molecule has 2 aromatic carbocycles. The lowest BCUT2D eigenvalue weighted by atomic mass is 10.1. The molecule has 0 unspecified atom stereocenters. The van der Waals surface area contributed by atoms with Crippen molar-refractivity contribution in [2.45, 2.75) is 20.4 Å². The molecule has 1 aromatic heterocycles. The van der Waals surface area contributed by atoms with Crippen molar-refractivity contribution in [2.24, 2.45) is 0 Å². The highest BCUT2D eigenvalue weighted by Gasteiger charge is 2.09. The number of benzene rings is 2. The predicted molar refractivity (Wildman–Crippen MR) is 97.1 cm³/mol. The van der Waals surface area contributed by atoms with Gasteiger partial charge in [0.25, 0.3) is 0 Å². The number of aryl methyl sites for hydroxylation is 2. The number of hydrogen-bond acceptors (Lipinski definition) is 4. The lowest BCUT2D eigenvalue weighted by Gasteiger charge is -2.09. The molecule has 0 aliphatic heterocycles. The van der Waals surface area contributed by atoms with E-state index in [1.165, 1.54) is 16.9 Å². The standard InChI is InChI=1S/C18H18N4OS/c1-12-8-9-15(13(2)10-12)20-18(23)19-11-16-21-22-17(24-16)14-6-4-3-5-7-14/h3-10H,11H2,1-2H3,(H2,19,20,23). The van der Waals surface area contributed by atoms with Crippen LogP contribution in [0, 0.1) is 13.8 Å². The summed E-state index contributed by atoms with van der Waals surface area (Å²) in [6.07, 6.45) is 0. The number of carbonyl (C=O) groups is 1. The summed E-state index contributed by atoms with van der Waals surface area (Å²) in [5.74, 6) is 0. The van der Waals surface area contributed by atoms with Crippen LogP contribution in [-0.2, 0) is 6.54 Å². The molecule has 0 saturated heterocycles. The lowest BCUT2D eigenvalue weighted by Crippen LogP contribution is -2.28. The molecule has 1 heterocycles. The van der Waals surface area contributed by atoms with Crippen LogP contribution in [0.25, 0.3) is 10.6 Å². The second-order valence-corrected chi connectivity index (χ2v) is 6.56. The van der Waals surface area contributed by atoms with E-state index < -0.39 is 0 Å². The molecule has 0 aliphatic carbocycles. The minimum Gasteiger partial charge on any atom is -0.331 e. The van der Waals surface area contributed by atoms with E-state index in [1.807, 2.05) is 62.4 Å². The Hall–Kier alpha value is -2.73. The van der Waals surface area contributed by atoms with E-state index in [0.717, 1.165) is 26.8 Å². The fraction of sp³-hybridized carbons (Fsp3) is 0.167. The van der Waals surface area contributed by atoms with Gasteiger partial charge in [0.2, 0.25) is 0 Å². The van der Waals surface area contributed by atoms with Crippen LogP contribution in [-0.4, -0.2) is 16.2 Å². The molecule has 0 spiro atoms. The molecule has 24 heavy (non-hydrogen) atoms. The van der Waals surface area contributed by atoms with E-state index in [1.54, 1.807) is 0 Å². The third-order valence-electron chi connectivity index (χ3n) is 3.52. The number of amides is 2. The maximum absolute atomic E-state index is 12.0. The van der Waals surface area contributed by atoms with E-state index in [-0.39, 0.29) is 6.03 Å². The molecule has 2 amide bonds. The van der Waals surface area contributed by atoms with Crippen molar-refractivity contribution in [3.8, 4) is 10.6 Å². The van der Waals surface area contributed by atoms with Crippen LogP contribution in [0.2, 0.25) is 0 Å². The molecule has 0 bridgehead atoms. The monoisotopic (exact) mass is 338 g/mol. The summed E-state index contributed by atoms with van der Waals surface area (Å²) in [7, 11) is 0. The van der Waals surface area contributed by atoms with Crippen molar-refractivity contribution in [3.05, 3.63) is 64.7 Å². The molecule has 0 fully saturated rings. The fourth-order valence-corrected chi connectivity index (χ4v) is 3.08. The SMILES string of the molecule is Cc1ccc(NC(=O)NCc2nnc(-c3ccccc3)s2)c(C)c1. The molecule has 3 aromatic rings. The number of rotatable bonds is 4. The summed E-state index contributed by atoms with van der Waals surface area (Å²) < 4.78 is 0. The highest BCUT2D eigenvalue weighted by atomic mass is 32.1. The normalized spacial score (nSPS) is 10.4. The minimum absolute atomic E-state index is 0.251. The second-order valence-electron chi connectivity index (χ2n) is 5.49. The summed E-state index contributed by atoms with van der Waals surface area (Å²) in [5.41, 5.74) is 4.04. The third-order valence-corrected chi connectivity index (χ3v) is 4.49. The topological polar surface area (TPSA) is 66.9 Å². The zero-order valence-corrected chi connectivity index (χ0v) is 14.4. The first-order valence-electron chi connectivity index (χ1n) is 7.62. The largest absolute Gasteiger partial charge is 0.331 e. The van der Waals surface area contributed by atoms with Crippen LogP contribution in [0.3, 0.4) is 0 Å². The number of nitrogens with zero attached hydrogens (tertiary/aromatic N) is 2. The van der Waals surface area contributed by atoms with Gasteiger partial charge in [0.15, 0.2) is 0 Å². The van der Waals surface area contributed by atoms with Crippen LogP contribution >= 0.6 is 11.3 Å². The van der Waals surface area contributed by atoms with Crippen LogP contribution < -0.4 is 10.6 Å². The maximum Gasteiger partial charge on any atom is 0.319 e. The zero-order chi connectivity index (χ0) is 16.9. The van der Waals surface area contributed by atoms with Gasteiger partial charge in [0.1, 0.15) is 10.0 Å². The smallest absolute Gasteiger partial charge is 0.319 e. The quantitative estimate of drug-likeness (QED) is 0.751. The van der Waals surface area contributed by atoms with Gasteiger partial charge in [-0.05, 0) is 25.5 Å². The summed E-state index contributed by atoms with van der Waals surface area (Å²) in [4.78, 5) is 12.0. The van der Waals surface area contributed by atoms with E-state index in [9.17, 15) is 4.79 Å². The molecule has 0 atom stereocenters.